The van der Waals surface area contributed by atoms with E-state index in [1.807, 2.05) is 31.2 Å². The van der Waals surface area contributed by atoms with Crippen LogP contribution in [0.4, 0.5) is 15.9 Å². The summed E-state index contributed by atoms with van der Waals surface area (Å²) < 4.78 is 19.7. The molecular weight excluding hydrogens is 489 g/mol. The van der Waals surface area contributed by atoms with Gasteiger partial charge in [0.2, 0.25) is 0 Å². The molecule has 6 rings (SSSR count). The summed E-state index contributed by atoms with van der Waals surface area (Å²) in [7, 11) is 0. The molecule has 198 valence electrons. The molecule has 5 nitrogen and oxygen atoms in total. The third-order valence-electron chi connectivity index (χ3n) is 8.08. The van der Waals surface area contributed by atoms with Gasteiger partial charge in [0.25, 0.3) is 0 Å². The van der Waals surface area contributed by atoms with Gasteiger partial charge in [-0.15, -0.1) is 0 Å². The van der Waals surface area contributed by atoms with Gasteiger partial charge in [0, 0.05) is 24.8 Å². The summed E-state index contributed by atoms with van der Waals surface area (Å²) in [5.74, 6) is 1.51. The predicted molar refractivity (Wildman–Crippen MR) is 150 cm³/mol. The molecule has 1 fully saturated rings. The number of halogens is 1. The third-order valence-corrected chi connectivity index (χ3v) is 8.08. The fraction of sp³-hybridized carbons (Fsp3) is 0.303. The smallest absolute Gasteiger partial charge is 0.147 e. The van der Waals surface area contributed by atoms with Crippen LogP contribution in [-0.2, 0) is 34.4 Å². The second-order valence-electron chi connectivity index (χ2n) is 10.7. The van der Waals surface area contributed by atoms with Crippen molar-refractivity contribution < 1.29 is 13.9 Å². The molecular formula is C33H32FN3O2. The first kappa shape index (κ1) is 25.4. The largest absolute Gasteiger partial charge is 0.373 e. The molecule has 6 heteroatoms. The molecule has 2 aliphatic rings. The first-order valence-corrected chi connectivity index (χ1v) is 13.6. The van der Waals surface area contributed by atoms with E-state index in [1.54, 1.807) is 18.3 Å². The molecule has 0 amide bonds. The number of hydrogen-bond acceptors (Lipinski definition) is 5. The monoisotopic (exact) mass is 521 g/mol. The minimum absolute atomic E-state index is 0.0129. The van der Waals surface area contributed by atoms with Gasteiger partial charge in [-0.3, -0.25) is 4.79 Å². The number of fused-ring (bicyclic) bond motifs is 1. The highest BCUT2D eigenvalue weighted by Gasteiger charge is 2.51. The van der Waals surface area contributed by atoms with E-state index in [2.05, 4.69) is 45.2 Å². The third kappa shape index (κ3) is 5.21. The van der Waals surface area contributed by atoms with Gasteiger partial charge in [-0.05, 0) is 79.1 Å². The van der Waals surface area contributed by atoms with E-state index < -0.39 is 5.41 Å². The Morgan fingerprint density at radius 1 is 1.03 bits per heavy atom. The number of benzene rings is 3. The lowest BCUT2D eigenvalue weighted by molar-refractivity contribution is -0.136. The molecule has 3 aromatic carbocycles. The van der Waals surface area contributed by atoms with Crippen molar-refractivity contribution in [3.05, 3.63) is 119 Å². The van der Waals surface area contributed by atoms with E-state index in [0.717, 1.165) is 53.4 Å². The van der Waals surface area contributed by atoms with Gasteiger partial charge in [-0.25, -0.2) is 14.4 Å². The van der Waals surface area contributed by atoms with E-state index in [4.69, 9.17) is 4.74 Å². The second-order valence-corrected chi connectivity index (χ2v) is 10.7. The van der Waals surface area contributed by atoms with Gasteiger partial charge in [-0.2, -0.15) is 0 Å². The van der Waals surface area contributed by atoms with E-state index in [0.29, 0.717) is 19.4 Å². The van der Waals surface area contributed by atoms with Crippen LogP contribution in [0.1, 0.15) is 47.3 Å². The van der Waals surface area contributed by atoms with Crippen LogP contribution in [0, 0.1) is 12.7 Å². The van der Waals surface area contributed by atoms with Crippen LogP contribution in [-0.4, -0.2) is 28.4 Å². The summed E-state index contributed by atoms with van der Waals surface area (Å²) in [6.45, 7) is 3.33. The van der Waals surface area contributed by atoms with E-state index >= 15 is 0 Å². The zero-order valence-corrected chi connectivity index (χ0v) is 22.1. The highest BCUT2D eigenvalue weighted by atomic mass is 19.1. The van der Waals surface area contributed by atoms with Crippen LogP contribution in [0.3, 0.4) is 0 Å². The maximum absolute atomic E-state index is 13.9. The Kier molecular flexibility index (Phi) is 6.96. The van der Waals surface area contributed by atoms with Crippen LogP contribution in [0.25, 0.3) is 0 Å². The molecule has 0 atom stereocenters. The number of ketones is 1. The number of carbonyl (C=O) groups is 1. The molecule has 0 spiro atoms. The molecule has 0 unspecified atom stereocenters. The Balaban J connectivity index is 1.28. The van der Waals surface area contributed by atoms with Crippen molar-refractivity contribution in [1.82, 2.24) is 9.97 Å². The first-order valence-electron chi connectivity index (χ1n) is 13.6. The van der Waals surface area contributed by atoms with Crippen molar-refractivity contribution in [2.75, 3.05) is 11.4 Å². The second kappa shape index (κ2) is 10.7. The molecule has 4 aromatic rings. The molecule has 0 bridgehead atoms. The number of ether oxygens (including phenoxy) is 1. The van der Waals surface area contributed by atoms with Crippen LogP contribution < -0.4 is 4.90 Å². The molecule has 1 aliphatic heterocycles. The average molecular weight is 522 g/mol. The first-order chi connectivity index (χ1) is 19.0. The van der Waals surface area contributed by atoms with Crippen LogP contribution in [0.15, 0.2) is 85.1 Å². The van der Waals surface area contributed by atoms with Crippen molar-refractivity contribution >= 4 is 17.3 Å². The van der Waals surface area contributed by atoms with Crippen LogP contribution >= 0.6 is 0 Å². The minimum atomic E-state index is -0.613. The number of aromatic nitrogens is 2. The van der Waals surface area contributed by atoms with Crippen molar-refractivity contribution in [2.24, 2.45) is 0 Å². The van der Waals surface area contributed by atoms with Gasteiger partial charge in [0.05, 0.1) is 18.1 Å². The summed E-state index contributed by atoms with van der Waals surface area (Å²) in [6, 6.07) is 24.8. The zero-order chi connectivity index (χ0) is 26.8. The molecule has 0 radical (unpaired) electrons. The number of anilines is 2. The molecule has 2 heterocycles. The van der Waals surface area contributed by atoms with Crippen molar-refractivity contribution in [3.8, 4) is 0 Å². The van der Waals surface area contributed by atoms with Gasteiger partial charge >= 0.3 is 0 Å². The van der Waals surface area contributed by atoms with Crippen LogP contribution in [0.5, 0.6) is 0 Å². The highest BCUT2D eigenvalue weighted by molar-refractivity contribution is 5.93. The standard InChI is InChI=1S/C33H32FN3O2/c1-23-35-16-15-32(36-23)37-17-5-8-26-19-27(11-14-30(26)37)33(31(38)18-24-9-12-28(34)13-10-24)20-29(21-33)39-22-25-6-3-2-4-7-25/h2-4,6-7,9-16,19,29H,5,8,17-18,20-22H2,1H3. The summed E-state index contributed by atoms with van der Waals surface area (Å²) in [4.78, 5) is 25.1. The van der Waals surface area contributed by atoms with Gasteiger partial charge in [0.1, 0.15) is 23.2 Å². The Bertz CT molecular complexity index is 1470. The number of rotatable bonds is 8. The number of aryl methyl sites for hydroxylation is 2. The van der Waals surface area contributed by atoms with Crippen LogP contribution in [0.2, 0.25) is 0 Å². The number of carbonyl (C=O) groups excluding carboxylic acids is 1. The zero-order valence-electron chi connectivity index (χ0n) is 22.1. The fourth-order valence-corrected chi connectivity index (χ4v) is 5.93. The normalized spacial score (nSPS) is 20.3. The Morgan fingerprint density at radius 2 is 1.82 bits per heavy atom. The maximum Gasteiger partial charge on any atom is 0.147 e. The summed E-state index contributed by atoms with van der Waals surface area (Å²) in [6.07, 6.45) is 5.35. The minimum Gasteiger partial charge on any atom is -0.373 e. The van der Waals surface area contributed by atoms with Gasteiger partial charge < -0.3 is 9.64 Å². The molecule has 1 aromatic heterocycles. The molecule has 0 saturated heterocycles. The quantitative estimate of drug-likeness (QED) is 0.267. The van der Waals surface area contributed by atoms with Crippen molar-refractivity contribution in [3.63, 3.8) is 0 Å². The number of nitrogens with zero attached hydrogens (tertiary/aromatic N) is 3. The SMILES string of the molecule is Cc1nccc(N2CCCc3cc(C4(C(=O)Cc5ccc(F)cc5)CC(OCc5ccccc5)C4)ccc32)n1. The highest BCUT2D eigenvalue weighted by Crippen LogP contribution is 2.48. The molecule has 1 saturated carbocycles. The van der Waals surface area contributed by atoms with Gasteiger partial charge in [0.15, 0.2) is 0 Å². The van der Waals surface area contributed by atoms with Crippen molar-refractivity contribution in [2.45, 2.75) is 57.2 Å². The summed E-state index contributed by atoms with van der Waals surface area (Å²) in [5, 5.41) is 0. The Morgan fingerprint density at radius 3 is 2.59 bits per heavy atom. The maximum atomic E-state index is 13.9. The Hall–Kier alpha value is -3.90. The van der Waals surface area contributed by atoms with Gasteiger partial charge in [-0.1, -0.05) is 54.6 Å². The number of Topliss-reactive ketones (excluding diaryl/α,β-unsaturated/α-hetero) is 1. The fourth-order valence-electron chi connectivity index (χ4n) is 5.93. The lowest BCUT2D eigenvalue weighted by atomic mass is 9.59. The van der Waals surface area contributed by atoms with E-state index in [-0.39, 0.29) is 24.1 Å². The molecule has 1 aliphatic carbocycles. The topological polar surface area (TPSA) is 55.3 Å². The average Bonchev–Trinajstić information content (AvgIpc) is 2.93. The lowest BCUT2D eigenvalue weighted by Gasteiger charge is -2.47. The van der Waals surface area contributed by atoms with E-state index in [9.17, 15) is 9.18 Å². The summed E-state index contributed by atoms with van der Waals surface area (Å²) in [5.41, 5.74) is 4.77. The Labute approximate surface area is 228 Å². The molecule has 0 N–H and O–H groups in total. The predicted octanol–water partition coefficient (Wildman–Crippen LogP) is 6.44. The molecule has 39 heavy (non-hydrogen) atoms. The van der Waals surface area contributed by atoms with Crippen molar-refractivity contribution in [1.29, 1.82) is 0 Å². The number of hydrogen-bond donors (Lipinski definition) is 0. The summed E-state index contributed by atoms with van der Waals surface area (Å²) >= 11 is 0. The lowest BCUT2D eigenvalue weighted by Crippen LogP contribution is -2.52. The van der Waals surface area contributed by atoms with E-state index in [1.165, 1.54) is 17.7 Å².